The van der Waals surface area contributed by atoms with Crippen LogP contribution < -0.4 is 10.8 Å². The van der Waals surface area contributed by atoms with Crippen LogP contribution in [-0.4, -0.2) is 55.3 Å². The van der Waals surface area contributed by atoms with Crippen LogP contribution in [0.15, 0.2) is 0 Å². The Hall–Kier alpha value is -1.14. The molecule has 0 aliphatic heterocycles. The van der Waals surface area contributed by atoms with E-state index in [4.69, 9.17) is 10.8 Å². The van der Waals surface area contributed by atoms with Gasteiger partial charge in [-0.25, -0.2) is 0 Å². The lowest BCUT2D eigenvalue weighted by Crippen LogP contribution is -2.54. The fourth-order valence-electron chi connectivity index (χ4n) is 2.72. The second kappa shape index (κ2) is 17.3. The molecule has 6 nitrogen and oxygen atoms in total. The first kappa shape index (κ1) is 27.1. The largest absolute Gasteiger partial charge is 0.544 e. The molecule has 0 radical (unpaired) electrons. The molecule has 0 saturated carbocycles. The predicted octanol–water partition coefficient (Wildman–Crippen LogP) is 2.54. The first-order chi connectivity index (χ1) is 12.2. The predicted molar refractivity (Wildman–Crippen MR) is 105 cm³/mol. The Labute approximate surface area is 160 Å². The highest BCUT2D eigenvalue weighted by Crippen LogP contribution is 2.10. The minimum Gasteiger partial charge on any atom is -0.544 e. The molecule has 0 aliphatic carbocycles. The number of aliphatic carboxylic acids is 2. The number of unbranched alkanes of at least 4 members (excludes halogenated alkanes) is 8. The zero-order valence-electron chi connectivity index (χ0n) is 17.5. The summed E-state index contributed by atoms with van der Waals surface area (Å²) >= 11 is 0. The summed E-state index contributed by atoms with van der Waals surface area (Å²) < 4.78 is 0.391. The van der Waals surface area contributed by atoms with Crippen molar-refractivity contribution in [2.45, 2.75) is 90.0 Å². The summed E-state index contributed by atoms with van der Waals surface area (Å²) in [4.78, 5) is 20.9. The molecule has 0 aliphatic rings. The van der Waals surface area contributed by atoms with Gasteiger partial charge >= 0.3 is 5.97 Å². The average Bonchev–Trinajstić information content (AvgIpc) is 2.52. The minimum atomic E-state index is -0.990. The summed E-state index contributed by atoms with van der Waals surface area (Å²) in [5.74, 6) is -1.65. The van der Waals surface area contributed by atoms with Crippen molar-refractivity contribution in [3.8, 4) is 0 Å². The zero-order chi connectivity index (χ0) is 20.4. The fraction of sp³-hybridized carbons (Fsp3) is 0.900. The third kappa shape index (κ3) is 19.2. The molecule has 0 amide bonds. The number of rotatable bonds is 15. The highest BCUT2D eigenvalue weighted by atomic mass is 16.4. The van der Waals surface area contributed by atoms with E-state index in [9.17, 15) is 14.7 Å². The van der Waals surface area contributed by atoms with Crippen LogP contribution in [0, 0.1) is 0 Å². The first-order valence-electron chi connectivity index (χ1n) is 10.1. The number of quaternary nitrogens is 1. The summed E-state index contributed by atoms with van der Waals surface area (Å²) in [7, 11) is 5.53. The van der Waals surface area contributed by atoms with Gasteiger partial charge in [0.15, 0.2) is 0 Å². The van der Waals surface area contributed by atoms with Crippen molar-refractivity contribution in [3.63, 3.8) is 0 Å². The number of carbonyl (C=O) groups is 2. The first-order valence-corrected chi connectivity index (χ1v) is 10.1. The number of hydrogen-bond acceptors (Lipinski definition) is 4. The molecule has 0 fully saturated rings. The number of hydrogen-bond donors (Lipinski definition) is 2. The van der Waals surface area contributed by atoms with Gasteiger partial charge < -0.3 is 25.2 Å². The van der Waals surface area contributed by atoms with E-state index in [0.29, 0.717) is 23.9 Å². The van der Waals surface area contributed by atoms with Crippen molar-refractivity contribution < 1.29 is 24.3 Å². The van der Waals surface area contributed by atoms with Crippen molar-refractivity contribution in [2.24, 2.45) is 5.73 Å². The number of nitrogens with zero attached hydrogens (tertiary/aromatic N) is 1. The van der Waals surface area contributed by atoms with Crippen LogP contribution >= 0.6 is 0 Å². The van der Waals surface area contributed by atoms with Gasteiger partial charge in [-0.3, -0.25) is 4.79 Å². The van der Waals surface area contributed by atoms with Gasteiger partial charge in [-0.05, 0) is 19.4 Å². The van der Waals surface area contributed by atoms with Gasteiger partial charge in [-0.15, -0.1) is 0 Å². The SMILES string of the molecule is CCCCCCCCCCCC(=O)O.C[N+](C)(C)C(CCCN)C(=O)[O-]. The van der Waals surface area contributed by atoms with Crippen molar-refractivity contribution in [3.05, 3.63) is 0 Å². The average molecular weight is 375 g/mol. The van der Waals surface area contributed by atoms with E-state index >= 15 is 0 Å². The molecular weight excluding hydrogens is 332 g/mol. The lowest BCUT2D eigenvalue weighted by Gasteiger charge is -2.34. The van der Waals surface area contributed by atoms with Gasteiger partial charge in [0.25, 0.3) is 0 Å². The molecular formula is C20H42N2O4. The Balaban J connectivity index is 0. The van der Waals surface area contributed by atoms with Crippen LogP contribution in [0.3, 0.4) is 0 Å². The van der Waals surface area contributed by atoms with E-state index in [1.165, 1.54) is 44.9 Å². The van der Waals surface area contributed by atoms with Crippen LogP contribution in [0.4, 0.5) is 0 Å². The van der Waals surface area contributed by atoms with Crippen LogP contribution in [-0.2, 0) is 9.59 Å². The molecule has 0 aromatic heterocycles. The van der Waals surface area contributed by atoms with Crippen LogP contribution in [0.1, 0.15) is 84.0 Å². The van der Waals surface area contributed by atoms with Crippen molar-refractivity contribution in [1.29, 1.82) is 0 Å². The minimum absolute atomic E-state index is 0.343. The fourth-order valence-corrected chi connectivity index (χ4v) is 2.72. The molecule has 0 aromatic carbocycles. The molecule has 0 heterocycles. The summed E-state index contributed by atoms with van der Waals surface area (Å²) in [6.07, 6.45) is 12.8. The lowest BCUT2D eigenvalue weighted by atomic mass is 10.1. The van der Waals surface area contributed by atoms with E-state index < -0.39 is 18.0 Å². The lowest BCUT2D eigenvalue weighted by molar-refractivity contribution is -0.889. The van der Waals surface area contributed by atoms with Gasteiger partial charge in [0.1, 0.15) is 6.04 Å². The molecule has 0 spiro atoms. The topological polar surface area (TPSA) is 103 Å². The van der Waals surface area contributed by atoms with Gasteiger partial charge in [0.2, 0.25) is 0 Å². The Kier molecular flexibility index (Phi) is 18.0. The number of nitrogens with two attached hydrogens (primary N) is 1. The quantitative estimate of drug-likeness (QED) is 0.339. The van der Waals surface area contributed by atoms with E-state index in [1.807, 2.05) is 21.1 Å². The summed E-state index contributed by atoms with van der Waals surface area (Å²) in [6, 6.07) is -0.450. The van der Waals surface area contributed by atoms with Gasteiger partial charge in [-0.2, -0.15) is 0 Å². The Morgan fingerprint density at radius 1 is 0.923 bits per heavy atom. The summed E-state index contributed by atoms with van der Waals surface area (Å²) in [6.45, 7) is 2.76. The summed E-state index contributed by atoms with van der Waals surface area (Å²) in [5.41, 5.74) is 5.30. The second-order valence-electron chi connectivity index (χ2n) is 7.85. The maximum atomic E-state index is 10.7. The smallest absolute Gasteiger partial charge is 0.303 e. The maximum absolute atomic E-state index is 10.7. The molecule has 156 valence electrons. The number of carboxylic acids is 2. The zero-order valence-corrected chi connectivity index (χ0v) is 17.5. The molecule has 0 bridgehead atoms. The summed E-state index contributed by atoms with van der Waals surface area (Å²) in [5, 5.41) is 19.1. The molecule has 1 atom stereocenters. The Morgan fingerprint density at radius 3 is 1.73 bits per heavy atom. The van der Waals surface area contributed by atoms with Crippen molar-refractivity contribution in [2.75, 3.05) is 27.7 Å². The molecule has 0 rings (SSSR count). The Bertz CT molecular complexity index is 354. The van der Waals surface area contributed by atoms with Crippen LogP contribution in [0.2, 0.25) is 0 Å². The number of likely N-dealkylation sites (N-methyl/N-ethyl adjacent to an activating group) is 1. The van der Waals surface area contributed by atoms with E-state index in [2.05, 4.69) is 6.92 Å². The van der Waals surface area contributed by atoms with E-state index in [1.54, 1.807) is 0 Å². The Morgan fingerprint density at radius 2 is 1.38 bits per heavy atom. The van der Waals surface area contributed by atoms with E-state index in [0.717, 1.165) is 19.3 Å². The van der Waals surface area contributed by atoms with Crippen LogP contribution in [0.5, 0.6) is 0 Å². The molecule has 1 unspecified atom stereocenters. The van der Waals surface area contributed by atoms with Gasteiger partial charge in [0.05, 0.1) is 27.1 Å². The second-order valence-corrected chi connectivity index (χ2v) is 7.85. The normalized spacial score (nSPS) is 12.2. The number of carboxylic acid groups (broad SMARTS) is 2. The standard InChI is InChI=1S/C12H24O2.C8H18N2O2/c1-2-3-4-5-6-7-8-9-10-11-12(13)14;1-10(2,3)7(8(11)12)5-4-6-9/h2-11H2,1H3,(H,13,14);7H,4-6,9H2,1-3H3. The van der Waals surface area contributed by atoms with E-state index in [-0.39, 0.29) is 0 Å². The van der Waals surface area contributed by atoms with Gasteiger partial charge in [-0.1, -0.05) is 58.3 Å². The monoisotopic (exact) mass is 374 g/mol. The number of carbonyl (C=O) groups excluding carboxylic acids is 1. The van der Waals surface area contributed by atoms with Crippen molar-refractivity contribution in [1.82, 2.24) is 0 Å². The highest BCUT2D eigenvalue weighted by molar-refractivity contribution is 5.69. The highest BCUT2D eigenvalue weighted by Gasteiger charge is 2.23. The van der Waals surface area contributed by atoms with Gasteiger partial charge in [0, 0.05) is 12.8 Å². The van der Waals surface area contributed by atoms with Crippen molar-refractivity contribution >= 4 is 11.9 Å². The molecule has 0 saturated heterocycles. The molecule has 26 heavy (non-hydrogen) atoms. The maximum Gasteiger partial charge on any atom is 0.303 e. The molecule has 6 heteroatoms. The molecule has 3 N–H and O–H groups in total. The van der Waals surface area contributed by atoms with Crippen LogP contribution in [0.25, 0.3) is 0 Å². The third-order valence-electron chi connectivity index (χ3n) is 4.38. The molecule has 0 aromatic rings. The third-order valence-corrected chi connectivity index (χ3v) is 4.38.